The van der Waals surface area contributed by atoms with Crippen LogP contribution in [0.1, 0.15) is 25.5 Å². The minimum Gasteiger partial charge on any atom is -0.490 e. The number of carbonyl (C=O) groups excluding carboxylic acids is 1. The molecule has 3 aromatic rings. The van der Waals surface area contributed by atoms with Gasteiger partial charge in [0.15, 0.2) is 0 Å². The summed E-state index contributed by atoms with van der Waals surface area (Å²) < 4.78 is 11.2. The molecule has 1 aliphatic heterocycles. The molecule has 154 valence electrons. The van der Waals surface area contributed by atoms with Crippen LogP contribution >= 0.6 is 0 Å². The Morgan fingerprint density at radius 2 is 2.13 bits per heavy atom. The fourth-order valence-electron chi connectivity index (χ4n) is 3.53. The summed E-state index contributed by atoms with van der Waals surface area (Å²) >= 11 is 0. The number of piperidine rings is 1. The Morgan fingerprint density at radius 1 is 1.30 bits per heavy atom. The third-order valence-corrected chi connectivity index (χ3v) is 5.01. The van der Waals surface area contributed by atoms with Crippen molar-refractivity contribution in [2.75, 3.05) is 25.0 Å². The van der Waals surface area contributed by atoms with Gasteiger partial charge in [-0.3, -0.25) is 0 Å². The Morgan fingerprint density at radius 3 is 2.90 bits per heavy atom. The number of aromatic amines is 1. The van der Waals surface area contributed by atoms with Crippen LogP contribution in [0, 0.1) is 11.3 Å². The number of rotatable bonds is 5. The predicted molar refractivity (Wildman–Crippen MR) is 113 cm³/mol. The lowest BCUT2D eigenvalue weighted by Crippen LogP contribution is -2.42. The van der Waals surface area contributed by atoms with E-state index in [1.807, 2.05) is 30.5 Å². The summed E-state index contributed by atoms with van der Waals surface area (Å²) in [6, 6.07) is 13.5. The minimum absolute atomic E-state index is 0.0345. The maximum Gasteiger partial charge on any atom is 0.409 e. The molecule has 2 N–H and O–H groups in total. The van der Waals surface area contributed by atoms with Crippen LogP contribution in [0.2, 0.25) is 0 Å². The number of fused-ring (bicyclic) bond motifs is 1. The molecule has 0 atom stereocenters. The van der Waals surface area contributed by atoms with Crippen molar-refractivity contribution in [2.24, 2.45) is 0 Å². The number of aromatic nitrogens is 2. The van der Waals surface area contributed by atoms with Crippen molar-refractivity contribution in [3.05, 3.63) is 48.3 Å². The fraction of sp³-hybridized carbons (Fsp3) is 0.318. The van der Waals surface area contributed by atoms with Crippen molar-refractivity contribution in [1.82, 2.24) is 14.9 Å². The highest BCUT2D eigenvalue weighted by Gasteiger charge is 2.25. The van der Waals surface area contributed by atoms with Crippen LogP contribution in [0.15, 0.2) is 42.6 Å². The lowest BCUT2D eigenvalue weighted by Gasteiger charge is -2.31. The molecule has 8 nitrogen and oxygen atoms in total. The minimum atomic E-state index is -0.280. The number of benzene rings is 1. The van der Waals surface area contributed by atoms with Gasteiger partial charge >= 0.3 is 6.09 Å². The summed E-state index contributed by atoms with van der Waals surface area (Å²) in [5, 5.41) is 13.7. The first-order valence-corrected chi connectivity index (χ1v) is 9.99. The topological polar surface area (TPSA) is 103 Å². The average Bonchev–Trinajstić information content (AvgIpc) is 3.22. The van der Waals surface area contributed by atoms with E-state index in [1.54, 1.807) is 24.0 Å². The van der Waals surface area contributed by atoms with E-state index < -0.39 is 0 Å². The van der Waals surface area contributed by atoms with E-state index >= 15 is 0 Å². The lowest BCUT2D eigenvalue weighted by molar-refractivity contribution is 0.0703. The van der Waals surface area contributed by atoms with E-state index in [9.17, 15) is 10.1 Å². The van der Waals surface area contributed by atoms with Crippen LogP contribution in [0.3, 0.4) is 0 Å². The second-order valence-electron chi connectivity index (χ2n) is 7.09. The predicted octanol–water partition coefficient (Wildman–Crippen LogP) is 4.18. The summed E-state index contributed by atoms with van der Waals surface area (Å²) in [4.78, 5) is 21.0. The Hall–Kier alpha value is -3.73. The zero-order valence-electron chi connectivity index (χ0n) is 16.7. The zero-order chi connectivity index (χ0) is 20.9. The Balaban J connectivity index is 1.44. The van der Waals surface area contributed by atoms with Gasteiger partial charge in [0.2, 0.25) is 0 Å². The molecule has 1 amide bonds. The second kappa shape index (κ2) is 8.74. The van der Waals surface area contributed by atoms with Gasteiger partial charge in [0.1, 0.15) is 29.4 Å². The maximum absolute atomic E-state index is 11.8. The maximum atomic E-state index is 11.8. The number of H-pyrrole nitrogens is 1. The number of ether oxygens (including phenoxy) is 2. The first-order valence-electron chi connectivity index (χ1n) is 9.99. The summed E-state index contributed by atoms with van der Waals surface area (Å²) in [7, 11) is 0. The molecule has 30 heavy (non-hydrogen) atoms. The number of carbonyl (C=O) groups is 1. The first kappa shape index (κ1) is 19.6. The van der Waals surface area contributed by atoms with Gasteiger partial charge in [-0.25, -0.2) is 9.78 Å². The molecule has 2 aromatic heterocycles. The number of hydrogen-bond acceptors (Lipinski definition) is 6. The second-order valence-corrected chi connectivity index (χ2v) is 7.09. The van der Waals surface area contributed by atoms with E-state index in [4.69, 9.17) is 9.47 Å². The molecule has 0 aliphatic carbocycles. The molecule has 1 fully saturated rings. The molecule has 3 heterocycles. The third-order valence-electron chi connectivity index (χ3n) is 5.01. The molecule has 8 heteroatoms. The highest BCUT2D eigenvalue weighted by molar-refractivity contribution is 5.83. The Labute approximate surface area is 174 Å². The molecule has 0 unspecified atom stereocenters. The number of hydrogen-bond donors (Lipinski definition) is 2. The smallest absolute Gasteiger partial charge is 0.409 e. The van der Waals surface area contributed by atoms with Crippen molar-refractivity contribution in [2.45, 2.75) is 25.9 Å². The molecule has 0 bridgehead atoms. The molecule has 1 aliphatic rings. The van der Waals surface area contributed by atoms with Crippen LogP contribution < -0.4 is 10.1 Å². The summed E-state index contributed by atoms with van der Waals surface area (Å²) in [6.07, 6.45) is 2.98. The average molecular weight is 405 g/mol. The number of pyridine rings is 1. The number of amides is 1. The van der Waals surface area contributed by atoms with Crippen LogP contribution in [0.4, 0.5) is 16.3 Å². The lowest BCUT2D eigenvalue weighted by atomic mass is 10.1. The molecule has 0 radical (unpaired) electrons. The van der Waals surface area contributed by atoms with E-state index in [0.717, 1.165) is 16.6 Å². The highest BCUT2D eigenvalue weighted by Crippen LogP contribution is 2.26. The summed E-state index contributed by atoms with van der Waals surface area (Å²) in [5.41, 5.74) is 2.16. The standard InChI is InChI=1S/C22H23N5O3/c1-2-29-22(28)27-9-6-18(7-10-27)30-19-11-17(14-23)26-21(13-19)25-16-4-3-15-5-8-24-20(15)12-16/h3-5,8,11-13,18,24H,2,6-7,9-10H2,1H3,(H,25,26). The Bertz CT molecular complexity index is 1080. The molecular weight excluding hydrogens is 382 g/mol. The van der Waals surface area contributed by atoms with Gasteiger partial charge in [0.05, 0.1) is 6.61 Å². The first-order chi connectivity index (χ1) is 14.6. The van der Waals surface area contributed by atoms with Crippen LogP contribution in [0.25, 0.3) is 10.9 Å². The van der Waals surface area contributed by atoms with E-state index in [2.05, 4.69) is 21.4 Å². The number of nitrogens with one attached hydrogen (secondary N) is 2. The van der Waals surface area contributed by atoms with Crippen LogP contribution in [-0.4, -0.2) is 46.8 Å². The van der Waals surface area contributed by atoms with Crippen molar-refractivity contribution in [3.8, 4) is 11.8 Å². The Kier molecular flexibility index (Phi) is 5.70. The molecule has 4 rings (SSSR count). The van der Waals surface area contributed by atoms with E-state index in [1.165, 1.54) is 0 Å². The molecule has 0 saturated carbocycles. The summed E-state index contributed by atoms with van der Waals surface area (Å²) in [6.45, 7) is 3.34. The third kappa shape index (κ3) is 4.46. The van der Waals surface area contributed by atoms with Gasteiger partial charge in [0, 0.05) is 55.5 Å². The van der Waals surface area contributed by atoms with Gasteiger partial charge < -0.3 is 24.7 Å². The SMILES string of the molecule is CCOC(=O)N1CCC(Oc2cc(C#N)nc(Nc3ccc4cc[nH]c4c3)c2)CC1. The van der Waals surface area contributed by atoms with Crippen LogP contribution in [-0.2, 0) is 4.74 Å². The van der Waals surface area contributed by atoms with Crippen molar-refractivity contribution in [3.63, 3.8) is 0 Å². The molecule has 1 saturated heterocycles. The monoisotopic (exact) mass is 405 g/mol. The van der Waals surface area contributed by atoms with Gasteiger partial charge in [-0.2, -0.15) is 5.26 Å². The summed E-state index contributed by atoms with van der Waals surface area (Å²) in [5.74, 6) is 1.12. The largest absolute Gasteiger partial charge is 0.490 e. The number of nitrogens with zero attached hydrogens (tertiary/aromatic N) is 3. The van der Waals surface area contributed by atoms with Gasteiger partial charge in [0.25, 0.3) is 0 Å². The zero-order valence-corrected chi connectivity index (χ0v) is 16.7. The molecular formula is C22H23N5O3. The van der Waals surface area contributed by atoms with Crippen molar-refractivity contribution < 1.29 is 14.3 Å². The number of likely N-dealkylation sites (tertiary alicyclic amines) is 1. The molecule has 1 aromatic carbocycles. The van der Waals surface area contributed by atoms with Crippen molar-refractivity contribution in [1.29, 1.82) is 5.26 Å². The van der Waals surface area contributed by atoms with Gasteiger partial charge in [-0.15, -0.1) is 0 Å². The van der Waals surface area contributed by atoms with Gasteiger partial charge in [-0.1, -0.05) is 6.07 Å². The van der Waals surface area contributed by atoms with Crippen LogP contribution in [0.5, 0.6) is 5.75 Å². The molecule has 0 spiro atoms. The van der Waals surface area contributed by atoms with E-state index in [-0.39, 0.29) is 17.9 Å². The highest BCUT2D eigenvalue weighted by atomic mass is 16.6. The number of anilines is 2. The van der Waals surface area contributed by atoms with Gasteiger partial charge in [-0.05, 0) is 30.5 Å². The van der Waals surface area contributed by atoms with Crippen molar-refractivity contribution >= 4 is 28.5 Å². The fourth-order valence-corrected chi connectivity index (χ4v) is 3.53. The van der Waals surface area contributed by atoms with E-state index in [0.29, 0.717) is 44.1 Å². The quantitative estimate of drug-likeness (QED) is 0.660. The number of nitriles is 1. The normalized spacial score (nSPS) is 14.3.